The van der Waals surface area contributed by atoms with Gasteiger partial charge in [-0.15, -0.1) is 11.3 Å². The van der Waals surface area contributed by atoms with Crippen molar-refractivity contribution in [2.24, 2.45) is 5.92 Å². The summed E-state index contributed by atoms with van der Waals surface area (Å²) in [5.74, 6) is 0.360. The lowest BCUT2D eigenvalue weighted by Gasteiger charge is -2.14. The maximum Gasteiger partial charge on any atom is 0.0575 e. The van der Waals surface area contributed by atoms with Gasteiger partial charge < -0.3 is 10.4 Å². The van der Waals surface area contributed by atoms with Crippen molar-refractivity contribution in [3.63, 3.8) is 0 Å². The van der Waals surface area contributed by atoms with E-state index in [9.17, 15) is 5.11 Å². The highest BCUT2D eigenvalue weighted by Gasteiger charge is 2.07. The van der Waals surface area contributed by atoms with E-state index < -0.39 is 0 Å². The molecule has 0 aliphatic heterocycles. The molecule has 0 radical (unpaired) electrons. The standard InChI is InChI=1S/C11H19NOS/c1-9(2)11(13)5-6-12-8-10-4-3-7-14-10/h3-4,7,9,11-13H,5-6,8H2,1-2H3. The van der Waals surface area contributed by atoms with E-state index in [1.54, 1.807) is 11.3 Å². The maximum atomic E-state index is 9.55. The zero-order chi connectivity index (χ0) is 10.4. The highest BCUT2D eigenvalue weighted by Crippen LogP contribution is 2.08. The van der Waals surface area contributed by atoms with Crippen molar-refractivity contribution in [2.75, 3.05) is 6.54 Å². The first-order chi connectivity index (χ1) is 6.70. The summed E-state index contributed by atoms with van der Waals surface area (Å²) in [5, 5.41) is 15.0. The van der Waals surface area contributed by atoms with Crippen LogP contribution in [0.3, 0.4) is 0 Å². The third kappa shape index (κ3) is 4.22. The van der Waals surface area contributed by atoms with Gasteiger partial charge in [0.1, 0.15) is 0 Å². The van der Waals surface area contributed by atoms with E-state index in [1.165, 1.54) is 4.88 Å². The summed E-state index contributed by atoms with van der Waals surface area (Å²) >= 11 is 1.76. The van der Waals surface area contributed by atoms with E-state index >= 15 is 0 Å². The van der Waals surface area contributed by atoms with Gasteiger partial charge in [0.05, 0.1) is 6.10 Å². The first-order valence-electron chi connectivity index (χ1n) is 5.11. The van der Waals surface area contributed by atoms with Crippen molar-refractivity contribution in [1.82, 2.24) is 5.32 Å². The van der Waals surface area contributed by atoms with Crippen molar-refractivity contribution in [3.8, 4) is 0 Å². The maximum absolute atomic E-state index is 9.55. The molecule has 2 N–H and O–H groups in total. The Morgan fingerprint density at radius 1 is 1.50 bits per heavy atom. The minimum absolute atomic E-state index is 0.175. The molecule has 0 bridgehead atoms. The van der Waals surface area contributed by atoms with Gasteiger partial charge in [-0.25, -0.2) is 0 Å². The summed E-state index contributed by atoms with van der Waals surface area (Å²) in [6.07, 6.45) is 0.661. The summed E-state index contributed by atoms with van der Waals surface area (Å²) < 4.78 is 0. The Hall–Kier alpha value is -0.380. The van der Waals surface area contributed by atoms with E-state index in [1.807, 2.05) is 13.8 Å². The fourth-order valence-electron chi connectivity index (χ4n) is 1.21. The fraction of sp³-hybridized carbons (Fsp3) is 0.636. The monoisotopic (exact) mass is 213 g/mol. The molecule has 1 rings (SSSR count). The van der Waals surface area contributed by atoms with Gasteiger partial charge in [0.25, 0.3) is 0 Å². The lowest BCUT2D eigenvalue weighted by Crippen LogP contribution is -2.23. The number of hydrogen-bond donors (Lipinski definition) is 2. The van der Waals surface area contributed by atoms with Crippen LogP contribution in [0.15, 0.2) is 17.5 Å². The van der Waals surface area contributed by atoms with E-state index in [0.717, 1.165) is 19.5 Å². The van der Waals surface area contributed by atoms with Crippen molar-refractivity contribution in [2.45, 2.75) is 32.9 Å². The molecule has 0 amide bonds. The molecule has 0 aliphatic rings. The number of aliphatic hydroxyl groups excluding tert-OH is 1. The van der Waals surface area contributed by atoms with Crippen LogP contribution in [0.1, 0.15) is 25.1 Å². The predicted octanol–water partition coefficient (Wildman–Crippen LogP) is 2.24. The van der Waals surface area contributed by atoms with Gasteiger partial charge in [0, 0.05) is 11.4 Å². The molecule has 0 fully saturated rings. The van der Waals surface area contributed by atoms with Crippen molar-refractivity contribution < 1.29 is 5.11 Å². The van der Waals surface area contributed by atoms with Gasteiger partial charge in [-0.3, -0.25) is 0 Å². The van der Waals surface area contributed by atoms with Crippen LogP contribution in [0.2, 0.25) is 0 Å². The summed E-state index contributed by atoms with van der Waals surface area (Å²) in [5.41, 5.74) is 0. The van der Waals surface area contributed by atoms with Gasteiger partial charge in [0.15, 0.2) is 0 Å². The third-order valence-electron chi connectivity index (χ3n) is 2.27. The lowest BCUT2D eigenvalue weighted by atomic mass is 10.0. The molecular weight excluding hydrogens is 194 g/mol. The second kappa shape index (κ2) is 6.17. The molecule has 0 saturated carbocycles. The minimum atomic E-state index is -0.175. The molecule has 0 spiro atoms. The molecule has 0 aliphatic carbocycles. The van der Waals surface area contributed by atoms with E-state index in [2.05, 4.69) is 22.8 Å². The van der Waals surface area contributed by atoms with Gasteiger partial charge >= 0.3 is 0 Å². The van der Waals surface area contributed by atoms with E-state index in [0.29, 0.717) is 5.92 Å². The molecule has 1 heterocycles. The molecule has 1 atom stereocenters. The Morgan fingerprint density at radius 3 is 2.86 bits per heavy atom. The van der Waals surface area contributed by atoms with Crippen LogP contribution in [0.4, 0.5) is 0 Å². The van der Waals surface area contributed by atoms with Crippen LogP contribution in [-0.4, -0.2) is 17.8 Å². The van der Waals surface area contributed by atoms with Crippen LogP contribution < -0.4 is 5.32 Å². The number of hydrogen-bond acceptors (Lipinski definition) is 3. The quantitative estimate of drug-likeness (QED) is 0.710. The van der Waals surface area contributed by atoms with E-state index in [4.69, 9.17) is 0 Å². The van der Waals surface area contributed by atoms with Crippen molar-refractivity contribution in [3.05, 3.63) is 22.4 Å². The van der Waals surface area contributed by atoms with E-state index in [-0.39, 0.29) is 6.10 Å². The number of aliphatic hydroxyl groups is 1. The topological polar surface area (TPSA) is 32.3 Å². The first-order valence-corrected chi connectivity index (χ1v) is 5.99. The molecule has 14 heavy (non-hydrogen) atoms. The van der Waals surface area contributed by atoms with Crippen molar-refractivity contribution in [1.29, 1.82) is 0 Å². The van der Waals surface area contributed by atoms with Gasteiger partial charge in [0.2, 0.25) is 0 Å². The van der Waals surface area contributed by atoms with Crippen LogP contribution in [0.5, 0.6) is 0 Å². The summed E-state index contributed by atoms with van der Waals surface area (Å²) in [7, 11) is 0. The van der Waals surface area contributed by atoms with Crippen LogP contribution in [0.25, 0.3) is 0 Å². The second-order valence-electron chi connectivity index (χ2n) is 3.86. The zero-order valence-corrected chi connectivity index (χ0v) is 9.68. The Kier molecular flexibility index (Phi) is 5.15. The molecule has 0 aromatic carbocycles. The molecule has 1 aromatic heterocycles. The van der Waals surface area contributed by atoms with Crippen LogP contribution in [0, 0.1) is 5.92 Å². The van der Waals surface area contributed by atoms with Gasteiger partial charge in [-0.1, -0.05) is 19.9 Å². The first kappa shape index (κ1) is 11.7. The fourth-order valence-corrected chi connectivity index (χ4v) is 1.88. The smallest absolute Gasteiger partial charge is 0.0575 e. The van der Waals surface area contributed by atoms with Gasteiger partial charge in [-0.2, -0.15) is 0 Å². The molecule has 1 unspecified atom stereocenters. The Balaban J connectivity index is 2.05. The molecule has 2 nitrogen and oxygen atoms in total. The summed E-state index contributed by atoms with van der Waals surface area (Å²) in [4.78, 5) is 1.35. The molecule has 80 valence electrons. The average Bonchev–Trinajstić information content (AvgIpc) is 2.64. The average molecular weight is 213 g/mol. The Morgan fingerprint density at radius 2 is 2.29 bits per heavy atom. The highest BCUT2D eigenvalue weighted by atomic mass is 32.1. The number of rotatable bonds is 6. The summed E-state index contributed by atoms with van der Waals surface area (Å²) in [6, 6.07) is 4.18. The molecule has 1 aromatic rings. The van der Waals surface area contributed by atoms with Crippen LogP contribution >= 0.6 is 11.3 Å². The summed E-state index contributed by atoms with van der Waals surface area (Å²) in [6.45, 7) is 5.90. The SMILES string of the molecule is CC(C)C(O)CCNCc1cccs1. The van der Waals surface area contributed by atoms with Gasteiger partial charge in [-0.05, 0) is 30.3 Å². The molecule has 0 saturated heterocycles. The normalized spacial score (nSPS) is 13.4. The number of thiophene rings is 1. The van der Waals surface area contributed by atoms with Crippen molar-refractivity contribution >= 4 is 11.3 Å². The predicted molar refractivity (Wildman–Crippen MR) is 61.5 cm³/mol. The third-order valence-corrected chi connectivity index (χ3v) is 3.14. The largest absolute Gasteiger partial charge is 0.393 e. The lowest BCUT2D eigenvalue weighted by molar-refractivity contribution is 0.116. The molecule has 3 heteroatoms. The minimum Gasteiger partial charge on any atom is -0.393 e. The van der Waals surface area contributed by atoms with Crippen LogP contribution in [-0.2, 0) is 6.54 Å². The second-order valence-corrected chi connectivity index (χ2v) is 4.89. The Bertz CT molecular complexity index is 233. The molecular formula is C11H19NOS. The zero-order valence-electron chi connectivity index (χ0n) is 8.86. The highest BCUT2D eigenvalue weighted by molar-refractivity contribution is 7.09. The number of nitrogens with one attached hydrogen (secondary N) is 1. The Labute approximate surface area is 90.0 Å².